The lowest BCUT2D eigenvalue weighted by Crippen LogP contribution is -2.57. The van der Waals surface area contributed by atoms with Gasteiger partial charge in [-0.1, -0.05) is 75.4 Å². The maximum Gasteiger partial charge on any atom is 0.380 e. The molecule has 123 heavy (non-hydrogen) atoms. The number of nitrogens with zero attached hydrogens (tertiary/aromatic N) is 6. The minimum absolute atomic E-state index is 0.0662. The van der Waals surface area contributed by atoms with E-state index >= 15 is 0 Å². The van der Waals surface area contributed by atoms with E-state index in [0.717, 1.165) is 0 Å². The number of ether oxygens (including phenoxy) is 6. The summed E-state index contributed by atoms with van der Waals surface area (Å²) in [6, 6.07) is 29.0. The van der Waals surface area contributed by atoms with Gasteiger partial charge in [-0.05, 0) is 117 Å². The first-order valence-corrected chi connectivity index (χ1v) is 44.3. The number of alkyl halides is 3. The van der Waals surface area contributed by atoms with Crippen molar-refractivity contribution in [2.24, 2.45) is 35.0 Å². The highest BCUT2D eigenvalue weighted by Gasteiger charge is 2.61. The number of esters is 3. The number of fused-ring (bicyclic) bond motifs is 3. The van der Waals surface area contributed by atoms with Gasteiger partial charge in [0.1, 0.15) is 90.5 Å². The summed E-state index contributed by atoms with van der Waals surface area (Å²) in [6.07, 6.45) is -14.4. The fourth-order valence-corrected chi connectivity index (χ4v) is 20.4. The number of H-pyrrole nitrogens is 3. The van der Waals surface area contributed by atoms with Gasteiger partial charge in [0, 0.05) is 18.6 Å². The topological polar surface area (TPSA) is 582 Å². The van der Waals surface area contributed by atoms with Crippen LogP contribution in [0.25, 0.3) is 33.1 Å². The van der Waals surface area contributed by atoms with Crippen molar-refractivity contribution in [3.8, 4) is 17.2 Å². The molecule has 3 aliphatic rings. The molecule has 9 aromatic rings. The number of hydrogen-bond donors (Lipinski definition) is 12. The summed E-state index contributed by atoms with van der Waals surface area (Å²) < 4.78 is 159. The summed E-state index contributed by atoms with van der Waals surface area (Å²) in [5.74, 6) is -4.26. The zero-order valence-corrected chi connectivity index (χ0v) is 72.0. The molecule has 18 N–H and O–H groups in total. The predicted octanol–water partition coefficient (Wildman–Crippen LogP) is 7.49. The Hall–Kier alpha value is -9.87. The van der Waals surface area contributed by atoms with Gasteiger partial charge in [0.05, 0.1) is 89.0 Å². The minimum atomic E-state index is -4.12. The van der Waals surface area contributed by atoms with Gasteiger partial charge < -0.3 is 105 Å². The fourth-order valence-electron chi connectivity index (χ4n) is 14.1. The lowest BCUT2D eigenvalue weighted by Gasteiger charge is -2.31. The van der Waals surface area contributed by atoms with Crippen LogP contribution in [-0.2, 0) is 70.1 Å². The van der Waals surface area contributed by atoms with Gasteiger partial charge in [-0.15, -0.1) is 0 Å². The average Bonchev–Trinajstić information content (AvgIpc) is 1.59. The zero-order valence-electron chi connectivity index (χ0n) is 69.3. The summed E-state index contributed by atoms with van der Waals surface area (Å²) in [7, 11) is -12.4. The van der Waals surface area contributed by atoms with E-state index in [2.05, 4.69) is 29.9 Å². The number of anilines is 3. The van der Waals surface area contributed by atoms with Crippen LogP contribution >= 0.6 is 22.8 Å². The maximum atomic E-state index is 14.5. The van der Waals surface area contributed by atoms with Gasteiger partial charge in [-0.2, -0.15) is 15.0 Å². The van der Waals surface area contributed by atoms with Crippen LogP contribution in [0.1, 0.15) is 102 Å². The number of nitrogen functional groups attached to an aromatic ring is 3. The number of benzene rings is 3. The fraction of sp³-hybridized carbons (Fsp3) is 0.500. The normalized spacial score (nSPS) is 25.6. The Kier molecular flexibility index (Phi) is 30.3. The molecule has 6 aromatic heterocycles. The first-order valence-electron chi connectivity index (χ1n) is 39.1. The number of aromatic nitrogens is 9. The summed E-state index contributed by atoms with van der Waals surface area (Å²) >= 11 is 0. The third-order valence-corrected chi connectivity index (χ3v) is 26.6. The molecule has 9 heterocycles. The number of rotatable bonds is 33. The Bertz CT molecular complexity index is 4980. The molecule has 3 aliphatic heterocycles. The van der Waals surface area contributed by atoms with Crippen LogP contribution in [0, 0.1) is 17.8 Å². The molecule has 3 saturated heterocycles. The van der Waals surface area contributed by atoms with Crippen molar-refractivity contribution in [2.45, 2.75) is 192 Å². The highest BCUT2D eigenvalue weighted by atomic mass is 31.2. The van der Waals surface area contributed by atoms with Gasteiger partial charge >= 0.3 is 40.7 Å². The Balaban J connectivity index is 0.000000193. The summed E-state index contributed by atoms with van der Waals surface area (Å²) in [4.78, 5) is 93.9. The molecule has 672 valence electrons. The van der Waals surface area contributed by atoms with Crippen molar-refractivity contribution in [2.75, 3.05) is 55.7 Å². The molecule has 0 amide bonds. The number of para-hydroxylation sites is 3. The van der Waals surface area contributed by atoms with Crippen molar-refractivity contribution in [3.05, 3.63) is 159 Å². The largest absolute Gasteiger partial charge is 0.463 e. The van der Waals surface area contributed by atoms with E-state index in [1.165, 1.54) is 92.0 Å². The van der Waals surface area contributed by atoms with Crippen molar-refractivity contribution >= 4 is 91.6 Å². The molecule has 0 bridgehead atoms. The van der Waals surface area contributed by atoms with Gasteiger partial charge in [0.15, 0.2) is 35.6 Å². The number of hydrogen-bond acceptors (Lipinski definition) is 33. The molecule has 12 rings (SSSR count). The van der Waals surface area contributed by atoms with Crippen molar-refractivity contribution in [1.82, 2.24) is 43.6 Å². The smallest absolute Gasteiger partial charge is 0.380 e. The van der Waals surface area contributed by atoms with Crippen molar-refractivity contribution in [3.63, 3.8) is 0 Å². The van der Waals surface area contributed by atoms with Crippen LogP contribution in [0.4, 0.5) is 31.0 Å². The number of nitrogens with one attached hydrogen (secondary N) is 3. The highest BCUT2D eigenvalue weighted by Crippen LogP contribution is 2.57. The Morgan fingerprint density at radius 3 is 0.862 bits per heavy atom. The Morgan fingerprint density at radius 1 is 0.423 bits per heavy atom. The van der Waals surface area contributed by atoms with E-state index in [-0.39, 0.29) is 105 Å². The van der Waals surface area contributed by atoms with Crippen LogP contribution in [0.15, 0.2) is 142 Å². The molecular formula is C78H105F3N15O24P3. The summed E-state index contributed by atoms with van der Waals surface area (Å²) in [6.45, 7) is 15.4. The Morgan fingerprint density at radius 2 is 0.650 bits per heavy atom. The molecule has 0 spiro atoms. The molecule has 3 fully saturated rings. The van der Waals surface area contributed by atoms with Gasteiger partial charge in [-0.25, -0.2) is 26.9 Å². The maximum absolute atomic E-state index is 14.5. The van der Waals surface area contributed by atoms with Gasteiger partial charge in [-0.3, -0.25) is 57.3 Å². The Labute approximate surface area is 702 Å². The minimum Gasteiger partial charge on any atom is -0.463 e. The molecule has 0 aliphatic carbocycles. The monoisotopic (exact) mass is 1790 g/mol. The number of nitrogens with two attached hydrogens (primary N) is 6. The molecule has 3 aromatic carbocycles. The summed E-state index contributed by atoms with van der Waals surface area (Å²) in [5, 5.41) is 34.0. The number of carbonyl (C=O) groups is 3. The number of aliphatic hydroxyl groups is 3. The van der Waals surface area contributed by atoms with Crippen molar-refractivity contribution in [1.29, 1.82) is 0 Å². The van der Waals surface area contributed by atoms with E-state index < -0.39 is 185 Å². The van der Waals surface area contributed by atoms with E-state index in [0.29, 0.717) is 0 Å². The molecule has 4 unspecified atom stereocenters. The molecule has 39 nitrogen and oxygen atoms in total. The quantitative estimate of drug-likeness (QED) is 0.0108. The third-order valence-electron chi connectivity index (χ3n) is 20.2. The average molecular weight is 1790 g/mol. The first-order chi connectivity index (χ1) is 57.8. The van der Waals surface area contributed by atoms with E-state index in [1.54, 1.807) is 133 Å². The van der Waals surface area contributed by atoms with E-state index in [9.17, 15) is 71.0 Å². The molecule has 45 heteroatoms. The second kappa shape index (κ2) is 39.1. The zero-order chi connectivity index (χ0) is 90.3. The second-order valence-corrected chi connectivity index (χ2v) is 37.3. The lowest BCUT2D eigenvalue weighted by molar-refractivity contribution is -0.152. The number of aliphatic hydroxyl groups excluding tert-OH is 3. The highest BCUT2D eigenvalue weighted by molar-refractivity contribution is 7.55. The van der Waals surface area contributed by atoms with Crippen LogP contribution in [0.2, 0.25) is 0 Å². The predicted molar refractivity (Wildman–Crippen MR) is 444 cm³/mol. The van der Waals surface area contributed by atoms with Crippen LogP contribution in [-0.4, -0.2) is 205 Å². The van der Waals surface area contributed by atoms with Crippen LogP contribution in [0.3, 0.4) is 0 Å². The molecule has 0 saturated carbocycles. The molecule has 0 radical (unpaired) electrons. The number of aromatic amines is 3. The van der Waals surface area contributed by atoms with Crippen molar-refractivity contribution < 1.29 is 112 Å². The first kappa shape index (κ1) is 95.4. The standard InChI is InChI=1S/3C26H35FN5O8P/c3*1-14(2)37-23(35)15(3)12-41(36,40-17-8-6-5-7-9-17)39-16(4)19-20(33)26(29,13-27)24(38-19)32-11-10-18-21(32)30-25(28)31-22(18)34/h3*5-11,14-16,19-20,24,33H,12-13,29H2,1-4H3,(H3,28,30,31,34)/t15-,16+,19-,20+,24-,26?,41?;15-,16+,19-,20+,24-,26?,41+;15-,16+,19-,20+,24-,26?,41-/m111/s1. The molecule has 21 atom stereocenters. The SMILES string of the molecule is CC(C)OC(=O)[C@H](C)CP(=O)(Oc1ccccc1)O[C@@H](C)[C@H]1O[C@@H](n2ccc3c(=O)[nH]c(N)nc32)C(N)(CF)[C@H]1O.CC(C)OC(=O)[C@H](C)C[P@@](=O)(Oc1ccccc1)O[C@@H](C)[C@H]1O[C@@H](n2ccc3c(=O)[nH]c(N)nc32)C(N)(CF)[C@H]1O.CC(C)OC(=O)[C@H](C)C[P@](=O)(Oc1ccccc1)O[C@@H](C)[C@H]1O[C@@H](n2ccc3c(=O)[nH]c(N)nc32)C(N)(CF)[C@H]1O. The molecular weight excluding hydrogens is 1680 g/mol. The third kappa shape index (κ3) is 21.6. The van der Waals surface area contributed by atoms with Gasteiger partial charge in [0.25, 0.3) is 16.7 Å². The van der Waals surface area contributed by atoms with Crippen LogP contribution < -0.4 is 64.7 Å². The van der Waals surface area contributed by atoms with Gasteiger partial charge in [0.2, 0.25) is 17.8 Å². The van der Waals surface area contributed by atoms with E-state index in [1.807, 2.05) is 0 Å². The lowest BCUT2D eigenvalue weighted by atomic mass is 9.91. The second-order valence-electron chi connectivity index (χ2n) is 31.4. The summed E-state index contributed by atoms with van der Waals surface area (Å²) in [5.41, 5.74) is 28.8. The van der Waals surface area contributed by atoms with Crippen LogP contribution in [0.5, 0.6) is 17.2 Å². The number of carbonyl (C=O) groups excluding carboxylic acids is 3. The number of halogens is 3. The van der Waals surface area contributed by atoms with E-state index in [4.69, 9.17) is 90.0 Å².